The van der Waals surface area contributed by atoms with E-state index < -0.39 is 10.8 Å². The Morgan fingerprint density at radius 2 is 2.25 bits per heavy atom. The van der Waals surface area contributed by atoms with E-state index in [1.54, 1.807) is 0 Å². The molecule has 10 nitrogen and oxygen atoms in total. The van der Waals surface area contributed by atoms with Gasteiger partial charge in [-0.1, -0.05) is 13.3 Å². The van der Waals surface area contributed by atoms with Crippen LogP contribution in [0, 0.1) is 10.1 Å². The fourth-order valence-electron chi connectivity index (χ4n) is 1.86. The Balaban J connectivity index is 1.88. The zero-order valence-corrected chi connectivity index (χ0v) is 17.1. The van der Waals surface area contributed by atoms with Crippen molar-refractivity contribution in [3.63, 3.8) is 0 Å². The Morgan fingerprint density at radius 1 is 1.46 bits per heavy atom. The maximum atomic E-state index is 12.0. The van der Waals surface area contributed by atoms with E-state index in [2.05, 4.69) is 36.8 Å². The van der Waals surface area contributed by atoms with Crippen LogP contribution in [0.5, 0.6) is 0 Å². The van der Waals surface area contributed by atoms with Crippen LogP contribution in [-0.4, -0.2) is 27.9 Å². The number of hydrazone groups is 1. The predicted molar refractivity (Wildman–Crippen MR) is 108 cm³/mol. The Hall–Kier alpha value is -2.86. The van der Waals surface area contributed by atoms with Crippen LogP contribution >= 0.6 is 27.3 Å². The third kappa shape index (κ3) is 6.70. The molecule has 2 rings (SSSR count). The van der Waals surface area contributed by atoms with Gasteiger partial charge in [0.1, 0.15) is 16.4 Å². The smallest absolute Gasteiger partial charge is 0.401 e. The molecule has 0 bridgehead atoms. The van der Waals surface area contributed by atoms with Crippen molar-refractivity contribution in [1.82, 2.24) is 10.4 Å². The number of allylic oxidation sites excluding steroid dienone is 1. The number of anilines is 1. The fraction of sp³-hybridized carbons (Fsp3) is 0.250. The first-order valence-electron chi connectivity index (χ1n) is 8.09. The zero-order valence-electron chi connectivity index (χ0n) is 14.7. The van der Waals surface area contributed by atoms with Crippen molar-refractivity contribution in [2.45, 2.75) is 26.2 Å². The standard InChI is InChI=1S/C16H16BrN5O5S/c1-2-3-4-13(23)20-16-19-12(9-28-16)15(24)21-18-8-10(17)7-11-5-6-14(27-11)22(25)26/h5-9H,2-4H2,1H3,(H,21,24)(H,19,20,23). The highest BCUT2D eigenvalue weighted by Crippen LogP contribution is 2.19. The molecule has 12 heteroatoms. The lowest BCUT2D eigenvalue weighted by molar-refractivity contribution is -0.402. The molecule has 0 unspecified atom stereocenters. The molecule has 2 amide bonds. The molecular formula is C16H16BrN5O5S. The van der Waals surface area contributed by atoms with Crippen molar-refractivity contribution in [2.24, 2.45) is 5.10 Å². The SMILES string of the molecule is CCCCC(=O)Nc1nc(C(=O)NN=CC(Br)=Cc2ccc([N+](=O)[O-])o2)cs1. The largest absolute Gasteiger partial charge is 0.433 e. The van der Waals surface area contributed by atoms with Gasteiger partial charge in [0.2, 0.25) is 5.91 Å². The summed E-state index contributed by atoms with van der Waals surface area (Å²) in [6.07, 6.45) is 4.84. The molecule has 2 heterocycles. The van der Waals surface area contributed by atoms with Crippen molar-refractivity contribution in [3.05, 3.63) is 43.6 Å². The number of hydrogen-bond donors (Lipinski definition) is 2. The second-order valence-electron chi connectivity index (χ2n) is 5.35. The first-order chi connectivity index (χ1) is 13.4. The van der Waals surface area contributed by atoms with Gasteiger partial charge in [-0.25, -0.2) is 10.4 Å². The molecule has 148 valence electrons. The number of aromatic nitrogens is 1. The number of halogens is 1. The molecule has 2 aromatic heterocycles. The van der Waals surface area contributed by atoms with Gasteiger partial charge in [-0.05, 0) is 34.5 Å². The monoisotopic (exact) mass is 469 g/mol. The van der Waals surface area contributed by atoms with Crippen LogP contribution in [0.4, 0.5) is 11.0 Å². The van der Waals surface area contributed by atoms with Gasteiger partial charge >= 0.3 is 5.88 Å². The summed E-state index contributed by atoms with van der Waals surface area (Å²) >= 11 is 4.33. The number of hydrogen-bond acceptors (Lipinski definition) is 8. The third-order valence-corrected chi connectivity index (χ3v) is 4.36. The molecular weight excluding hydrogens is 454 g/mol. The van der Waals surface area contributed by atoms with Crippen LogP contribution in [0.25, 0.3) is 6.08 Å². The highest BCUT2D eigenvalue weighted by molar-refractivity contribution is 9.12. The van der Waals surface area contributed by atoms with Gasteiger partial charge in [0, 0.05) is 16.3 Å². The van der Waals surface area contributed by atoms with Gasteiger partial charge in [-0.3, -0.25) is 19.7 Å². The highest BCUT2D eigenvalue weighted by atomic mass is 79.9. The van der Waals surface area contributed by atoms with Crippen molar-refractivity contribution in [1.29, 1.82) is 0 Å². The molecule has 0 spiro atoms. The normalized spacial score (nSPS) is 11.6. The summed E-state index contributed by atoms with van der Waals surface area (Å²) in [5, 5.41) is 18.8. The number of nitrogens with one attached hydrogen (secondary N) is 2. The molecule has 0 fully saturated rings. The second-order valence-corrected chi connectivity index (χ2v) is 7.12. The molecule has 2 aromatic rings. The van der Waals surface area contributed by atoms with Crippen molar-refractivity contribution >= 4 is 62.4 Å². The fourth-order valence-corrected chi connectivity index (χ4v) is 2.89. The molecule has 2 N–H and O–H groups in total. The first kappa shape index (κ1) is 21.4. The Labute approximate surface area is 172 Å². The van der Waals surface area contributed by atoms with E-state index >= 15 is 0 Å². The minimum Gasteiger partial charge on any atom is -0.401 e. The van der Waals surface area contributed by atoms with Gasteiger partial charge in [-0.2, -0.15) is 5.10 Å². The summed E-state index contributed by atoms with van der Waals surface area (Å²) < 4.78 is 5.39. The maximum Gasteiger partial charge on any atom is 0.433 e. The number of carbonyl (C=O) groups is 2. The quantitative estimate of drug-likeness (QED) is 0.323. The minimum absolute atomic E-state index is 0.120. The lowest BCUT2D eigenvalue weighted by Crippen LogP contribution is -2.18. The number of unbranched alkanes of at least 4 members (excludes halogenated alkanes) is 1. The Bertz CT molecular complexity index is 920. The van der Waals surface area contributed by atoms with Crippen LogP contribution in [0.1, 0.15) is 42.4 Å². The van der Waals surface area contributed by atoms with Crippen LogP contribution in [0.15, 0.2) is 31.5 Å². The van der Waals surface area contributed by atoms with E-state index in [1.807, 2.05) is 6.92 Å². The number of rotatable bonds is 9. The van der Waals surface area contributed by atoms with Crippen LogP contribution in [0.2, 0.25) is 0 Å². The van der Waals surface area contributed by atoms with Gasteiger partial charge in [0.05, 0.1) is 12.3 Å². The van der Waals surface area contributed by atoms with E-state index in [1.165, 1.54) is 29.8 Å². The average Bonchev–Trinajstić information content (AvgIpc) is 3.29. The van der Waals surface area contributed by atoms with Crippen molar-refractivity contribution < 1.29 is 18.9 Å². The van der Waals surface area contributed by atoms with E-state index in [4.69, 9.17) is 4.42 Å². The number of nitro groups is 1. The molecule has 28 heavy (non-hydrogen) atoms. The second kappa shape index (κ2) is 10.5. The van der Waals surface area contributed by atoms with E-state index in [-0.39, 0.29) is 23.2 Å². The Morgan fingerprint density at radius 3 is 2.93 bits per heavy atom. The summed E-state index contributed by atoms with van der Waals surface area (Å²) in [4.78, 5) is 37.6. The van der Waals surface area contributed by atoms with Crippen molar-refractivity contribution in [2.75, 3.05) is 5.32 Å². The number of furan rings is 1. The summed E-state index contributed by atoms with van der Waals surface area (Å²) in [6.45, 7) is 1.99. The highest BCUT2D eigenvalue weighted by Gasteiger charge is 2.12. The van der Waals surface area contributed by atoms with Crippen LogP contribution in [-0.2, 0) is 4.79 Å². The number of amides is 2. The molecule has 0 radical (unpaired) electrons. The summed E-state index contributed by atoms with van der Waals surface area (Å²) in [5.74, 6) is -0.818. The van der Waals surface area contributed by atoms with Crippen LogP contribution in [0.3, 0.4) is 0 Å². The topological polar surface area (TPSA) is 140 Å². The summed E-state index contributed by atoms with van der Waals surface area (Å²) in [5.41, 5.74) is 2.41. The van der Waals surface area contributed by atoms with Gasteiger partial charge in [0.15, 0.2) is 5.13 Å². The molecule has 0 aromatic carbocycles. The number of carbonyl (C=O) groups excluding carboxylic acids is 2. The van der Waals surface area contributed by atoms with E-state index in [9.17, 15) is 19.7 Å². The Kier molecular flexibility index (Phi) is 8.02. The molecule has 0 aliphatic heterocycles. The van der Waals surface area contributed by atoms with Gasteiger partial charge in [0.25, 0.3) is 5.91 Å². The average molecular weight is 470 g/mol. The van der Waals surface area contributed by atoms with Gasteiger partial charge < -0.3 is 9.73 Å². The van der Waals surface area contributed by atoms with Crippen molar-refractivity contribution in [3.8, 4) is 0 Å². The molecule has 0 saturated carbocycles. The predicted octanol–water partition coefficient (Wildman–Crippen LogP) is 3.92. The third-order valence-electron chi connectivity index (χ3n) is 3.17. The van der Waals surface area contributed by atoms with E-state index in [0.717, 1.165) is 24.2 Å². The van der Waals surface area contributed by atoms with Crippen LogP contribution < -0.4 is 10.7 Å². The number of nitrogens with zero attached hydrogens (tertiary/aromatic N) is 3. The molecule has 0 saturated heterocycles. The minimum atomic E-state index is -0.645. The zero-order chi connectivity index (χ0) is 20.5. The lowest BCUT2D eigenvalue weighted by Gasteiger charge is -1.99. The number of thiazole rings is 1. The maximum absolute atomic E-state index is 12.0. The molecule has 0 aliphatic rings. The van der Waals surface area contributed by atoms with E-state index in [0.29, 0.717) is 16.0 Å². The lowest BCUT2D eigenvalue weighted by atomic mass is 10.2. The van der Waals surface area contributed by atoms with Gasteiger partial charge in [-0.15, -0.1) is 11.3 Å². The summed E-state index contributed by atoms with van der Waals surface area (Å²) in [6, 6.07) is 2.66. The molecule has 0 aliphatic carbocycles. The summed E-state index contributed by atoms with van der Waals surface area (Å²) in [7, 11) is 0. The first-order valence-corrected chi connectivity index (χ1v) is 9.76. The molecule has 0 atom stereocenters.